The molecule has 4 nitrogen and oxygen atoms in total. The van der Waals surface area contributed by atoms with Gasteiger partial charge in [-0.1, -0.05) is 11.6 Å². The molecule has 1 aromatic carbocycles. The van der Waals surface area contributed by atoms with Crippen molar-refractivity contribution >= 4 is 17.5 Å². The first-order valence-corrected chi connectivity index (χ1v) is 4.77. The Morgan fingerprint density at radius 1 is 1.38 bits per heavy atom. The maximum absolute atomic E-state index is 12.7. The van der Waals surface area contributed by atoms with Crippen LogP contribution in [0.1, 0.15) is 10.5 Å². The summed E-state index contributed by atoms with van der Waals surface area (Å²) in [6.07, 6.45) is 0. The van der Waals surface area contributed by atoms with Crippen molar-refractivity contribution in [2.75, 3.05) is 0 Å². The fourth-order valence-electron chi connectivity index (χ4n) is 1.24. The van der Waals surface area contributed by atoms with Crippen LogP contribution in [-0.2, 0) is 0 Å². The average Bonchev–Trinajstić information content (AvgIpc) is 2.62. The fourth-order valence-corrected chi connectivity index (χ4v) is 1.48. The molecule has 1 heterocycles. The molecule has 0 radical (unpaired) electrons. The molecule has 0 bridgehead atoms. The number of hydrogen-bond acceptors (Lipinski definition) is 2. The molecule has 0 fully saturated rings. The van der Waals surface area contributed by atoms with Crippen LogP contribution >= 0.6 is 11.6 Å². The lowest BCUT2D eigenvalue weighted by Gasteiger charge is -2.01. The van der Waals surface area contributed by atoms with Gasteiger partial charge in [-0.05, 0) is 24.3 Å². The van der Waals surface area contributed by atoms with Gasteiger partial charge in [0.15, 0.2) is 5.69 Å². The highest BCUT2D eigenvalue weighted by Gasteiger charge is 2.11. The second kappa shape index (κ2) is 3.94. The molecule has 16 heavy (non-hydrogen) atoms. The van der Waals surface area contributed by atoms with Gasteiger partial charge in [0.1, 0.15) is 11.0 Å². The van der Waals surface area contributed by atoms with Crippen LogP contribution in [0.15, 0.2) is 30.3 Å². The van der Waals surface area contributed by atoms with Crippen molar-refractivity contribution in [3.63, 3.8) is 0 Å². The van der Waals surface area contributed by atoms with Crippen LogP contribution in [0.2, 0.25) is 5.15 Å². The summed E-state index contributed by atoms with van der Waals surface area (Å²) >= 11 is 5.86. The van der Waals surface area contributed by atoms with Gasteiger partial charge in [0, 0.05) is 6.07 Å². The molecule has 2 N–H and O–H groups in total. The Bertz CT molecular complexity index is 535. The van der Waals surface area contributed by atoms with E-state index in [0.717, 1.165) is 0 Å². The molecule has 2 aromatic rings. The van der Waals surface area contributed by atoms with E-state index in [1.165, 1.54) is 35.0 Å². The highest BCUT2D eigenvalue weighted by atomic mass is 35.5. The Kier molecular flexibility index (Phi) is 2.62. The molecule has 2 rings (SSSR count). The summed E-state index contributed by atoms with van der Waals surface area (Å²) in [6.45, 7) is 0. The lowest BCUT2D eigenvalue weighted by Crippen LogP contribution is -2.12. The van der Waals surface area contributed by atoms with E-state index in [-0.39, 0.29) is 16.7 Å². The van der Waals surface area contributed by atoms with E-state index in [4.69, 9.17) is 17.3 Å². The first-order chi connectivity index (χ1) is 7.58. The van der Waals surface area contributed by atoms with Crippen LogP contribution in [0.3, 0.4) is 0 Å². The van der Waals surface area contributed by atoms with Crippen molar-refractivity contribution in [2.24, 2.45) is 5.73 Å². The molecule has 0 saturated heterocycles. The number of benzene rings is 1. The fraction of sp³-hybridized carbons (Fsp3) is 0. The first-order valence-electron chi connectivity index (χ1n) is 4.39. The van der Waals surface area contributed by atoms with Crippen molar-refractivity contribution in [3.05, 3.63) is 47.0 Å². The van der Waals surface area contributed by atoms with Gasteiger partial charge >= 0.3 is 0 Å². The SMILES string of the molecule is NC(=O)c1cc(Cl)n(-c2ccc(F)cc2)n1. The lowest BCUT2D eigenvalue weighted by molar-refractivity contribution is 0.0995. The predicted octanol–water partition coefficient (Wildman–Crippen LogP) is 1.76. The number of carbonyl (C=O) groups excluding carboxylic acids is 1. The molecular weight excluding hydrogens is 233 g/mol. The number of nitrogens with two attached hydrogens (primary N) is 1. The maximum Gasteiger partial charge on any atom is 0.269 e. The van der Waals surface area contributed by atoms with Crippen molar-refractivity contribution in [2.45, 2.75) is 0 Å². The van der Waals surface area contributed by atoms with Gasteiger partial charge < -0.3 is 5.73 Å². The molecule has 82 valence electrons. The third kappa shape index (κ3) is 1.90. The summed E-state index contributed by atoms with van der Waals surface area (Å²) in [5.41, 5.74) is 5.68. The van der Waals surface area contributed by atoms with Gasteiger partial charge in [-0.3, -0.25) is 4.79 Å². The second-order valence-electron chi connectivity index (χ2n) is 3.10. The quantitative estimate of drug-likeness (QED) is 0.868. The van der Waals surface area contributed by atoms with Gasteiger partial charge in [0.2, 0.25) is 0 Å². The normalized spacial score (nSPS) is 10.4. The maximum atomic E-state index is 12.7. The molecule has 0 aliphatic heterocycles. The average molecular weight is 240 g/mol. The van der Waals surface area contributed by atoms with Crippen LogP contribution in [0, 0.1) is 5.82 Å². The summed E-state index contributed by atoms with van der Waals surface area (Å²) in [7, 11) is 0. The number of nitrogens with zero attached hydrogens (tertiary/aromatic N) is 2. The van der Waals surface area contributed by atoms with Gasteiger partial charge in [0.05, 0.1) is 5.69 Å². The van der Waals surface area contributed by atoms with Crippen LogP contribution in [-0.4, -0.2) is 15.7 Å². The van der Waals surface area contributed by atoms with Crippen LogP contribution in [0.4, 0.5) is 4.39 Å². The highest BCUT2D eigenvalue weighted by Crippen LogP contribution is 2.17. The van der Waals surface area contributed by atoms with E-state index in [9.17, 15) is 9.18 Å². The molecule has 0 unspecified atom stereocenters. The molecular formula is C10H7ClFN3O. The van der Waals surface area contributed by atoms with E-state index in [0.29, 0.717) is 5.69 Å². The van der Waals surface area contributed by atoms with E-state index in [1.54, 1.807) is 0 Å². The van der Waals surface area contributed by atoms with Crippen molar-refractivity contribution in [1.82, 2.24) is 9.78 Å². The lowest BCUT2D eigenvalue weighted by atomic mass is 10.3. The van der Waals surface area contributed by atoms with Crippen LogP contribution in [0.25, 0.3) is 5.69 Å². The molecule has 0 aliphatic carbocycles. The largest absolute Gasteiger partial charge is 0.364 e. The predicted molar refractivity (Wildman–Crippen MR) is 57.0 cm³/mol. The molecule has 1 amide bonds. The zero-order chi connectivity index (χ0) is 11.7. The van der Waals surface area contributed by atoms with Gasteiger partial charge in [-0.15, -0.1) is 0 Å². The molecule has 1 aromatic heterocycles. The van der Waals surface area contributed by atoms with E-state index in [2.05, 4.69) is 5.10 Å². The Balaban J connectivity index is 2.47. The number of amides is 1. The number of halogens is 2. The zero-order valence-electron chi connectivity index (χ0n) is 8.02. The minimum absolute atomic E-state index is 0.0642. The second-order valence-corrected chi connectivity index (χ2v) is 3.49. The highest BCUT2D eigenvalue weighted by molar-refractivity contribution is 6.30. The van der Waals surface area contributed by atoms with Crippen molar-refractivity contribution in [3.8, 4) is 5.69 Å². The zero-order valence-corrected chi connectivity index (χ0v) is 8.78. The summed E-state index contributed by atoms with van der Waals surface area (Å²) in [4.78, 5) is 10.9. The number of carbonyl (C=O) groups is 1. The van der Waals surface area contributed by atoms with Crippen LogP contribution < -0.4 is 5.73 Å². The summed E-state index contributed by atoms with van der Waals surface area (Å²) in [5, 5.41) is 4.13. The Morgan fingerprint density at radius 3 is 2.50 bits per heavy atom. The Morgan fingerprint density at radius 2 is 2.00 bits per heavy atom. The Hall–Kier alpha value is -1.88. The van der Waals surface area contributed by atoms with E-state index >= 15 is 0 Å². The smallest absolute Gasteiger partial charge is 0.269 e. The standard InChI is InChI=1S/C10H7ClFN3O/c11-9-5-8(10(13)16)14-15(9)7-3-1-6(12)2-4-7/h1-5H,(H2,13,16). The third-order valence-electron chi connectivity index (χ3n) is 1.99. The summed E-state index contributed by atoms with van der Waals surface area (Å²) in [6, 6.07) is 6.90. The summed E-state index contributed by atoms with van der Waals surface area (Å²) in [5.74, 6) is -1.02. The van der Waals surface area contributed by atoms with Crippen LogP contribution in [0.5, 0.6) is 0 Å². The first kappa shape index (κ1) is 10.6. The molecule has 0 aliphatic rings. The molecule has 0 saturated carbocycles. The van der Waals surface area contributed by atoms with Crippen molar-refractivity contribution < 1.29 is 9.18 Å². The number of aromatic nitrogens is 2. The van der Waals surface area contributed by atoms with Gasteiger partial charge in [0.25, 0.3) is 5.91 Å². The minimum Gasteiger partial charge on any atom is -0.364 e. The van der Waals surface area contributed by atoms with Crippen molar-refractivity contribution in [1.29, 1.82) is 0 Å². The Labute approximate surface area is 95.4 Å². The number of primary amides is 1. The molecule has 0 spiro atoms. The third-order valence-corrected chi connectivity index (χ3v) is 2.26. The van der Waals surface area contributed by atoms with Gasteiger partial charge in [-0.2, -0.15) is 5.10 Å². The topological polar surface area (TPSA) is 60.9 Å². The summed E-state index contributed by atoms with van der Waals surface area (Å²) < 4.78 is 14.0. The van der Waals surface area contributed by atoms with E-state index in [1.807, 2.05) is 0 Å². The monoisotopic (exact) mass is 239 g/mol. The number of rotatable bonds is 2. The van der Waals surface area contributed by atoms with E-state index < -0.39 is 5.91 Å². The number of hydrogen-bond donors (Lipinski definition) is 1. The molecule has 0 atom stereocenters. The van der Waals surface area contributed by atoms with Gasteiger partial charge in [-0.25, -0.2) is 9.07 Å². The minimum atomic E-state index is -0.664. The molecule has 6 heteroatoms.